The van der Waals surface area contributed by atoms with E-state index in [0.717, 1.165) is 29.1 Å². The molecule has 1 amide bonds. The minimum absolute atomic E-state index is 0.120. The van der Waals surface area contributed by atoms with E-state index in [1.165, 1.54) is 26.2 Å². The van der Waals surface area contributed by atoms with Crippen molar-refractivity contribution in [3.8, 4) is 0 Å². The van der Waals surface area contributed by atoms with Crippen LogP contribution in [0.3, 0.4) is 0 Å². The summed E-state index contributed by atoms with van der Waals surface area (Å²) in [7, 11) is -0.598. The van der Waals surface area contributed by atoms with Gasteiger partial charge in [-0.05, 0) is 48.7 Å². The van der Waals surface area contributed by atoms with E-state index >= 15 is 0 Å². The second kappa shape index (κ2) is 7.02. The van der Waals surface area contributed by atoms with Crippen molar-refractivity contribution in [3.63, 3.8) is 0 Å². The lowest BCUT2D eigenvalue weighted by Gasteiger charge is -2.40. The van der Waals surface area contributed by atoms with Crippen molar-refractivity contribution in [3.05, 3.63) is 59.1 Å². The van der Waals surface area contributed by atoms with E-state index in [9.17, 15) is 13.2 Å². The number of sulfonamides is 1. The molecule has 2 aromatic rings. The van der Waals surface area contributed by atoms with Gasteiger partial charge in [0.25, 0.3) is 0 Å². The Kier molecular flexibility index (Phi) is 5.10. The predicted octanol–water partition coefficient (Wildman–Crippen LogP) is 3.65. The predicted molar refractivity (Wildman–Crippen MR) is 103 cm³/mol. The number of hydrogen-bond donors (Lipinski definition) is 1. The van der Waals surface area contributed by atoms with Crippen LogP contribution in [0.2, 0.25) is 5.02 Å². The number of carbonyl (C=O) groups is 1. The van der Waals surface area contributed by atoms with Crippen LogP contribution in [0.15, 0.2) is 53.4 Å². The number of benzene rings is 2. The average Bonchev–Trinajstić information content (AvgIpc) is 2.55. The SMILES string of the molecule is CN(C)S(=O)(=O)c1cccc(NC(=O)C2(c3ccc(Cl)cc3)CCC2)c1. The molecule has 3 rings (SSSR count). The summed E-state index contributed by atoms with van der Waals surface area (Å²) in [6.45, 7) is 0. The van der Waals surface area contributed by atoms with Crippen LogP contribution in [-0.2, 0) is 20.2 Å². The first-order chi connectivity index (χ1) is 12.3. The fourth-order valence-corrected chi connectivity index (χ4v) is 4.22. The van der Waals surface area contributed by atoms with E-state index in [1.807, 2.05) is 12.1 Å². The van der Waals surface area contributed by atoms with Crippen LogP contribution in [0, 0.1) is 0 Å². The van der Waals surface area contributed by atoms with Crippen molar-refractivity contribution in [1.82, 2.24) is 4.31 Å². The highest BCUT2D eigenvalue weighted by molar-refractivity contribution is 7.89. The molecule has 0 aromatic heterocycles. The molecule has 0 atom stereocenters. The van der Waals surface area contributed by atoms with Crippen molar-refractivity contribution in [1.29, 1.82) is 0 Å². The molecule has 5 nitrogen and oxygen atoms in total. The van der Waals surface area contributed by atoms with Gasteiger partial charge in [-0.3, -0.25) is 4.79 Å². The normalized spacial score (nSPS) is 16.2. The first-order valence-corrected chi connectivity index (χ1v) is 10.2. The molecule has 1 N–H and O–H groups in total. The van der Waals surface area contributed by atoms with Crippen molar-refractivity contribution in [2.24, 2.45) is 0 Å². The molecule has 0 spiro atoms. The summed E-state index contributed by atoms with van der Waals surface area (Å²) in [4.78, 5) is 13.1. The molecule has 0 radical (unpaired) electrons. The minimum atomic E-state index is -3.55. The maximum Gasteiger partial charge on any atom is 0.242 e. The third-order valence-electron chi connectivity index (χ3n) is 4.91. The standard InChI is InChI=1S/C19H21ClN2O3S/c1-22(2)26(24,25)17-6-3-5-16(13-17)21-18(23)19(11-4-12-19)14-7-9-15(20)10-8-14/h3,5-10,13H,4,11-12H2,1-2H3,(H,21,23). The van der Waals surface area contributed by atoms with Crippen LogP contribution in [0.4, 0.5) is 5.69 Å². The van der Waals surface area contributed by atoms with Crippen molar-refractivity contribution in [2.45, 2.75) is 29.6 Å². The summed E-state index contributed by atoms with van der Waals surface area (Å²) < 4.78 is 25.7. The van der Waals surface area contributed by atoms with Crippen LogP contribution in [0.25, 0.3) is 0 Å². The van der Waals surface area contributed by atoms with E-state index in [1.54, 1.807) is 24.3 Å². The maximum absolute atomic E-state index is 13.0. The second-order valence-corrected chi connectivity index (χ2v) is 9.30. The summed E-state index contributed by atoms with van der Waals surface area (Å²) in [5.74, 6) is -0.120. The first kappa shape index (κ1) is 18.9. The van der Waals surface area contributed by atoms with E-state index < -0.39 is 15.4 Å². The minimum Gasteiger partial charge on any atom is -0.325 e. The topological polar surface area (TPSA) is 66.5 Å². The molecular weight excluding hydrogens is 372 g/mol. The Morgan fingerprint density at radius 2 is 1.77 bits per heavy atom. The summed E-state index contributed by atoms with van der Waals surface area (Å²) >= 11 is 5.96. The number of nitrogens with zero attached hydrogens (tertiary/aromatic N) is 1. The van der Waals surface area contributed by atoms with Gasteiger partial charge in [-0.15, -0.1) is 0 Å². The zero-order valence-corrected chi connectivity index (χ0v) is 16.3. The number of carbonyl (C=O) groups excluding carboxylic acids is 1. The third kappa shape index (κ3) is 3.37. The fourth-order valence-electron chi connectivity index (χ4n) is 3.14. The van der Waals surface area contributed by atoms with Gasteiger partial charge in [0.2, 0.25) is 15.9 Å². The smallest absolute Gasteiger partial charge is 0.242 e. The summed E-state index contributed by atoms with van der Waals surface area (Å²) in [5, 5.41) is 3.52. The molecule has 0 heterocycles. The molecule has 1 aliphatic carbocycles. The molecule has 0 unspecified atom stereocenters. The Bertz CT molecular complexity index is 920. The first-order valence-electron chi connectivity index (χ1n) is 8.36. The van der Waals surface area contributed by atoms with Crippen LogP contribution in [-0.4, -0.2) is 32.7 Å². The van der Waals surface area contributed by atoms with E-state index in [-0.39, 0.29) is 10.8 Å². The molecule has 0 saturated heterocycles. The van der Waals surface area contributed by atoms with Crippen LogP contribution in [0.5, 0.6) is 0 Å². The van der Waals surface area contributed by atoms with Gasteiger partial charge in [0.15, 0.2) is 0 Å². The molecule has 1 saturated carbocycles. The summed E-state index contributed by atoms with van der Waals surface area (Å²) in [6, 6.07) is 13.7. The van der Waals surface area contributed by atoms with E-state index in [2.05, 4.69) is 5.32 Å². The highest BCUT2D eigenvalue weighted by Crippen LogP contribution is 2.45. The second-order valence-electron chi connectivity index (χ2n) is 6.71. The number of halogens is 1. The molecule has 1 aliphatic rings. The molecule has 0 bridgehead atoms. The quantitative estimate of drug-likeness (QED) is 0.844. The van der Waals surface area contributed by atoms with Gasteiger partial charge in [0, 0.05) is 24.8 Å². The zero-order valence-electron chi connectivity index (χ0n) is 14.7. The van der Waals surface area contributed by atoms with Gasteiger partial charge in [0.05, 0.1) is 10.3 Å². The zero-order chi connectivity index (χ0) is 18.9. The lowest BCUT2D eigenvalue weighted by Crippen LogP contribution is -2.46. The number of nitrogens with one attached hydrogen (secondary N) is 1. The lowest BCUT2D eigenvalue weighted by molar-refractivity contribution is -0.124. The maximum atomic E-state index is 13.0. The van der Waals surface area contributed by atoms with Crippen molar-refractivity contribution >= 4 is 33.2 Å². The van der Waals surface area contributed by atoms with Crippen molar-refractivity contribution < 1.29 is 13.2 Å². The molecular formula is C19H21ClN2O3S. The van der Waals surface area contributed by atoms with Gasteiger partial charge in [0.1, 0.15) is 0 Å². The molecule has 26 heavy (non-hydrogen) atoms. The molecule has 0 aliphatic heterocycles. The van der Waals surface area contributed by atoms with Gasteiger partial charge in [-0.1, -0.05) is 36.2 Å². The number of amides is 1. The van der Waals surface area contributed by atoms with Gasteiger partial charge in [-0.25, -0.2) is 12.7 Å². The number of anilines is 1. The van der Waals surface area contributed by atoms with Crippen LogP contribution in [0.1, 0.15) is 24.8 Å². The number of hydrogen-bond acceptors (Lipinski definition) is 3. The van der Waals surface area contributed by atoms with Crippen LogP contribution >= 0.6 is 11.6 Å². The summed E-state index contributed by atoms with van der Waals surface area (Å²) in [6.07, 6.45) is 2.50. The van der Waals surface area contributed by atoms with E-state index in [4.69, 9.17) is 11.6 Å². The van der Waals surface area contributed by atoms with Crippen LogP contribution < -0.4 is 5.32 Å². The van der Waals surface area contributed by atoms with Gasteiger partial charge in [-0.2, -0.15) is 0 Å². The molecule has 138 valence electrons. The Morgan fingerprint density at radius 3 is 2.31 bits per heavy atom. The number of rotatable bonds is 5. The Balaban J connectivity index is 1.87. The highest BCUT2D eigenvalue weighted by Gasteiger charge is 2.45. The Hall–Kier alpha value is -1.89. The molecule has 7 heteroatoms. The largest absolute Gasteiger partial charge is 0.325 e. The summed E-state index contributed by atoms with van der Waals surface area (Å²) in [5.41, 5.74) is 0.821. The average molecular weight is 393 g/mol. The highest BCUT2D eigenvalue weighted by atomic mass is 35.5. The molecule has 2 aromatic carbocycles. The Labute approximate surface area is 159 Å². The lowest BCUT2D eigenvalue weighted by atomic mass is 9.64. The van der Waals surface area contributed by atoms with E-state index in [0.29, 0.717) is 10.7 Å². The van der Waals surface area contributed by atoms with Gasteiger partial charge < -0.3 is 5.32 Å². The Morgan fingerprint density at radius 1 is 1.12 bits per heavy atom. The molecule has 1 fully saturated rings. The van der Waals surface area contributed by atoms with Gasteiger partial charge >= 0.3 is 0 Å². The van der Waals surface area contributed by atoms with Crippen molar-refractivity contribution in [2.75, 3.05) is 19.4 Å². The monoisotopic (exact) mass is 392 g/mol. The third-order valence-corrected chi connectivity index (χ3v) is 6.97. The fraction of sp³-hybridized carbons (Fsp3) is 0.316.